The highest BCUT2D eigenvalue weighted by Gasteiger charge is 2.13. The number of nitrogens with zero attached hydrogens (tertiary/aromatic N) is 1. The minimum atomic E-state index is 0.0567. The van der Waals surface area contributed by atoms with Crippen LogP contribution < -0.4 is 15.5 Å². The number of nitrogens with one attached hydrogen (secondary N) is 1. The van der Waals surface area contributed by atoms with Gasteiger partial charge in [0.15, 0.2) is 6.54 Å². The van der Waals surface area contributed by atoms with Crippen LogP contribution in [0.2, 0.25) is 5.02 Å². The fourth-order valence-corrected chi connectivity index (χ4v) is 2.99. The van der Waals surface area contributed by atoms with Crippen LogP contribution in [0.3, 0.4) is 0 Å². The molecule has 134 valence electrons. The van der Waals surface area contributed by atoms with E-state index in [9.17, 15) is 4.79 Å². The summed E-state index contributed by atoms with van der Waals surface area (Å²) in [6, 6.07) is 18.2. The molecule has 1 amide bonds. The lowest BCUT2D eigenvalue weighted by atomic mass is 10.1. The quantitative estimate of drug-likeness (QED) is 0.675. The van der Waals surface area contributed by atoms with Gasteiger partial charge in [0.05, 0.1) is 0 Å². The summed E-state index contributed by atoms with van der Waals surface area (Å²) in [7, 11) is 2.07. The average molecular weight is 361 g/mol. The SMILES string of the molecule is C[C@@H]([NH2+]CC(=O)NCCCN(C)c1ccccc1)c1ccccc1Cl. The van der Waals surface area contributed by atoms with Crippen LogP contribution in [0.1, 0.15) is 24.9 Å². The third-order valence-electron chi connectivity index (χ3n) is 4.24. The van der Waals surface area contributed by atoms with E-state index in [2.05, 4.69) is 36.3 Å². The Morgan fingerprint density at radius 3 is 2.56 bits per heavy atom. The zero-order chi connectivity index (χ0) is 18.1. The molecule has 0 aliphatic carbocycles. The van der Waals surface area contributed by atoms with Crippen LogP contribution in [-0.4, -0.2) is 32.6 Å². The molecule has 0 aliphatic rings. The molecule has 0 heterocycles. The minimum Gasteiger partial charge on any atom is -0.375 e. The number of nitrogens with two attached hydrogens (primary N) is 1. The number of anilines is 1. The van der Waals surface area contributed by atoms with Gasteiger partial charge in [0.1, 0.15) is 6.04 Å². The van der Waals surface area contributed by atoms with E-state index in [1.165, 1.54) is 5.69 Å². The predicted octanol–water partition coefficient (Wildman–Crippen LogP) is 2.61. The Hall–Kier alpha value is -2.04. The van der Waals surface area contributed by atoms with E-state index in [4.69, 9.17) is 11.6 Å². The van der Waals surface area contributed by atoms with E-state index in [0.29, 0.717) is 13.1 Å². The first-order valence-electron chi connectivity index (χ1n) is 8.68. The molecule has 0 fully saturated rings. The fourth-order valence-electron chi connectivity index (χ4n) is 2.68. The number of amides is 1. The van der Waals surface area contributed by atoms with E-state index in [0.717, 1.165) is 23.6 Å². The summed E-state index contributed by atoms with van der Waals surface area (Å²) in [6.07, 6.45) is 0.914. The van der Waals surface area contributed by atoms with Crippen LogP contribution >= 0.6 is 11.6 Å². The fraction of sp³-hybridized carbons (Fsp3) is 0.350. The number of benzene rings is 2. The van der Waals surface area contributed by atoms with Crippen LogP contribution in [0.4, 0.5) is 5.69 Å². The van der Waals surface area contributed by atoms with Gasteiger partial charge in [0.2, 0.25) is 0 Å². The number of carbonyl (C=O) groups is 1. The molecule has 0 bridgehead atoms. The molecule has 3 N–H and O–H groups in total. The van der Waals surface area contributed by atoms with Crippen molar-refractivity contribution in [2.24, 2.45) is 0 Å². The molecule has 0 unspecified atom stereocenters. The first-order chi connectivity index (χ1) is 12.1. The van der Waals surface area contributed by atoms with Gasteiger partial charge in [-0.05, 0) is 31.5 Å². The van der Waals surface area contributed by atoms with Crippen molar-refractivity contribution < 1.29 is 10.1 Å². The number of halogens is 1. The smallest absolute Gasteiger partial charge is 0.275 e. The van der Waals surface area contributed by atoms with Gasteiger partial charge in [-0.3, -0.25) is 4.79 Å². The Balaban J connectivity index is 1.63. The predicted molar refractivity (Wildman–Crippen MR) is 104 cm³/mol. The van der Waals surface area contributed by atoms with Gasteiger partial charge in [-0.2, -0.15) is 0 Å². The van der Waals surface area contributed by atoms with Crippen molar-refractivity contribution >= 4 is 23.2 Å². The van der Waals surface area contributed by atoms with Crippen molar-refractivity contribution in [1.82, 2.24) is 5.32 Å². The third-order valence-corrected chi connectivity index (χ3v) is 4.59. The van der Waals surface area contributed by atoms with Gasteiger partial charge in [-0.1, -0.05) is 48.0 Å². The lowest BCUT2D eigenvalue weighted by molar-refractivity contribution is -0.682. The van der Waals surface area contributed by atoms with E-state index >= 15 is 0 Å². The van der Waals surface area contributed by atoms with E-state index in [1.807, 2.05) is 47.8 Å². The zero-order valence-electron chi connectivity index (χ0n) is 14.9. The number of rotatable bonds is 9. The maximum atomic E-state index is 12.0. The summed E-state index contributed by atoms with van der Waals surface area (Å²) >= 11 is 6.19. The molecular formula is C20H27ClN3O+. The largest absolute Gasteiger partial charge is 0.375 e. The highest BCUT2D eigenvalue weighted by Crippen LogP contribution is 2.19. The highest BCUT2D eigenvalue weighted by molar-refractivity contribution is 6.31. The van der Waals surface area contributed by atoms with Gasteiger partial charge in [-0.25, -0.2) is 0 Å². The van der Waals surface area contributed by atoms with E-state index < -0.39 is 0 Å². The molecule has 0 spiro atoms. The average Bonchev–Trinajstić information content (AvgIpc) is 2.64. The van der Waals surface area contributed by atoms with Crippen molar-refractivity contribution in [3.05, 3.63) is 65.2 Å². The highest BCUT2D eigenvalue weighted by atomic mass is 35.5. The summed E-state index contributed by atoms with van der Waals surface area (Å²) < 4.78 is 0. The second kappa shape index (κ2) is 10.1. The summed E-state index contributed by atoms with van der Waals surface area (Å²) in [5.74, 6) is 0.0567. The summed E-state index contributed by atoms with van der Waals surface area (Å²) in [5.41, 5.74) is 2.25. The molecule has 0 saturated heterocycles. The summed E-state index contributed by atoms with van der Waals surface area (Å²) in [5, 5.41) is 5.73. The molecule has 1 atom stereocenters. The number of hydrogen-bond acceptors (Lipinski definition) is 2. The summed E-state index contributed by atoms with van der Waals surface area (Å²) in [6.45, 7) is 4.05. The van der Waals surface area contributed by atoms with Gasteiger partial charge >= 0.3 is 0 Å². The van der Waals surface area contributed by atoms with Crippen LogP contribution in [0.15, 0.2) is 54.6 Å². The molecular weight excluding hydrogens is 334 g/mol. The van der Waals surface area contributed by atoms with Crippen LogP contribution in [0.5, 0.6) is 0 Å². The zero-order valence-corrected chi connectivity index (χ0v) is 15.7. The Morgan fingerprint density at radius 2 is 1.84 bits per heavy atom. The molecule has 0 aliphatic heterocycles. The van der Waals surface area contributed by atoms with E-state index in [-0.39, 0.29) is 11.9 Å². The lowest BCUT2D eigenvalue weighted by Crippen LogP contribution is -2.87. The van der Waals surface area contributed by atoms with Crippen molar-refractivity contribution in [3.63, 3.8) is 0 Å². The molecule has 2 aromatic rings. The number of carbonyl (C=O) groups excluding carboxylic acids is 1. The van der Waals surface area contributed by atoms with Crippen molar-refractivity contribution in [3.8, 4) is 0 Å². The molecule has 0 aromatic heterocycles. The second-order valence-corrected chi connectivity index (χ2v) is 6.62. The van der Waals surface area contributed by atoms with Gasteiger partial charge in [0, 0.05) is 36.4 Å². The molecule has 2 aromatic carbocycles. The third kappa shape index (κ3) is 6.40. The normalized spacial score (nSPS) is 11.8. The van der Waals surface area contributed by atoms with Crippen LogP contribution in [0.25, 0.3) is 0 Å². The van der Waals surface area contributed by atoms with Gasteiger partial charge in [0.25, 0.3) is 5.91 Å². The molecule has 4 nitrogen and oxygen atoms in total. The van der Waals surface area contributed by atoms with E-state index in [1.54, 1.807) is 0 Å². The topological polar surface area (TPSA) is 49.0 Å². The van der Waals surface area contributed by atoms with Crippen molar-refractivity contribution in [1.29, 1.82) is 0 Å². The number of quaternary nitrogens is 1. The van der Waals surface area contributed by atoms with Crippen LogP contribution in [-0.2, 0) is 4.79 Å². The first-order valence-corrected chi connectivity index (χ1v) is 9.06. The Labute approximate surface area is 155 Å². The molecule has 2 rings (SSSR count). The standard InChI is InChI=1S/C20H26ClN3O/c1-16(18-11-6-7-12-19(18)21)23-15-20(25)22-13-8-14-24(2)17-9-4-3-5-10-17/h3-7,9-12,16,23H,8,13-15H2,1-2H3,(H,22,25)/p+1/t16-/m1/s1. The molecule has 0 saturated carbocycles. The number of hydrogen-bond donors (Lipinski definition) is 2. The van der Waals surface area contributed by atoms with Crippen LogP contribution in [0, 0.1) is 0 Å². The van der Waals surface area contributed by atoms with Crippen molar-refractivity contribution in [2.75, 3.05) is 31.6 Å². The van der Waals surface area contributed by atoms with Gasteiger partial charge in [-0.15, -0.1) is 0 Å². The Bertz CT molecular complexity index is 663. The maximum Gasteiger partial charge on any atom is 0.275 e. The lowest BCUT2D eigenvalue weighted by Gasteiger charge is -2.19. The molecule has 0 radical (unpaired) electrons. The monoisotopic (exact) mass is 360 g/mol. The Morgan fingerprint density at radius 1 is 1.16 bits per heavy atom. The Kier molecular flexibility index (Phi) is 7.76. The van der Waals surface area contributed by atoms with Gasteiger partial charge < -0.3 is 15.5 Å². The maximum absolute atomic E-state index is 12.0. The first kappa shape index (κ1) is 19.3. The summed E-state index contributed by atoms with van der Waals surface area (Å²) in [4.78, 5) is 14.2. The minimum absolute atomic E-state index is 0.0567. The van der Waals surface area contributed by atoms with Crippen molar-refractivity contribution in [2.45, 2.75) is 19.4 Å². The molecule has 5 heteroatoms. The second-order valence-electron chi connectivity index (χ2n) is 6.21. The molecule has 25 heavy (non-hydrogen) atoms. The number of para-hydroxylation sites is 1.